The van der Waals surface area contributed by atoms with Gasteiger partial charge in [0.25, 0.3) is 0 Å². The lowest BCUT2D eigenvalue weighted by molar-refractivity contribution is 0.758. The van der Waals surface area contributed by atoms with Gasteiger partial charge < -0.3 is 5.32 Å². The molecule has 0 heterocycles. The maximum Gasteiger partial charge on any atom is 0.0138 e. The van der Waals surface area contributed by atoms with Crippen molar-refractivity contribution in [3.05, 3.63) is 54.6 Å². The molecule has 1 nitrogen and oxygen atoms in total. The first-order valence-electron chi connectivity index (χ1n) is 4.96. The van der Waals surface area contributed by atoms with E-state index in [9.17, 15) is 0 Å². The van der Waals surface area contributed by atoms with Gasteiger partial charge in [0.1, 0.15) is 0 Å². The molecule has 0 spiro atoms. The molecule has 0 saturated carbocycles. The summed E-state index contributed by atoms with van der Waals surface area (Å²) in [7, 11) is 0. The van der Waals surface area contributed by atoms with Gasteiger partial charge in [-0.3, -0.25) is 0 Å². The fraction of sp³-hybridized carbons (Fsp3) is 0.231. The topological polar surface area (TPSA) is 12.0 Å². The van der Waals surface area contributed by atoms with Crippen molar-refractivity contribution < 1.29 is 0 Å². The van der Waals surface area contributed by atoms with Crippen LogP contribution < -0.4 is 5.32 Å². The van der Waals surface area contributed by atoms with E-state index in [0.29, 0.717) is 0 Å². The van der Waals surface area contributed by atoms with E-state index >= 15 is 0 Å². The Morgan fingerprint density at radius 3 is 2.71 bits per heavy atom. The Kier molecular flexibility index (Phi) is 5.45. The largest absolute Gasteiger partial charge is 0.313 e. The second-order valence-corrected chi connectivity index (χ2v) is 3.09. The standard InChI is InChI=1S/C13H17N/c1-2-3-11-14-12-7-10-13-8-5-4-6-9-13/h2,4-10,14H,1,3,11-12H2/b10-7+. The third-order valence-electron chi connectivity index (χ3n) is 1.90. The van der Waals surface area contributed by atoms with E-state index < -0.39 is 0 Å². The van der Waals surface area contributed by atoms with Crippen LogP contribution in [0.2, 0.25) is 0 Å². The predicted molar refractivity (Wildman–Crippen MR) is 63.2 cm³/mol. The summed E-state index contributed by atoms with van der Waals surface area (Å²) >= 11 is 0. The van der Waals surface area contributed by atoms with Gasteiger partial charge in [0.15, 0.2) is 0 Å². The summed E-state index contributed by atoms with van der Waals surface area (Å²) in [5, 5.41) is 3.30. The molecule has 14 heavy (non-hydrogen) atoms. The molecule has 1 N–H and O–H groups in total. The van der Waals surface area contributed by atoms with Crippen LogP contribution in [0.4, 0.5) is 0 Å². The maximum atomic E-state index is 3.67. The zero-order valence-corrected chi connectivity index (χ0v) is 8.45. The van der Waals surface area contributed by atoms with Crippen molar-refractivity contribution in [2.75, 3.05) is 13.1 Å². The van der Waals surface area contributed by atoms with Crippen LogP contribution in [0.25, 0.3) is 6.08 Å². The van der Waals surface area contributed by atoms with Crippen LogP contribution in [0, 0.1) is 0 Å². The van der Waals surface area contributed by atoms with E-state index in [0.717, 1.165) is 19.5 Å². The first-order chi connectivity index (χ1) is 6.93. The smallest absolute Gasteiger partial charge is 0.0138 e. The molecule has 1 aromatic rings. The molecule has 0 aromatic heterocycles. The second kappa shape index (κ2) is 7.10. The third-order valence-corrected chi connectivity index (χ3v) is 1.90. The summed E-state index contributed by atoms with van der Waals surface area (Å²) in [5.74, 6) is 0. The average molecular weight is 187 g/mol. The summed E-state index contributed by atoms with van der Waals surface area (Å²) in [4.78, 5) is 0. The van der Waals surface area contributed by atoms with E-state index in [-0.39, 0.29) is 0 Å². The van der Waals surface area contributed by atoms with Gasteiger partial charge in [-0.15, -0.1) is 6.58 Å². The van der Waals surface area contributed by atoms with E-state index in [4.69, 9.17) is 0 Å². The van der Waals surface area contributed by atoms with Crippen molar-refractivity contribution in [1.29, 1.82) is 0 Å². The summed E-state index contributed by atoms with van der Waals surface area (Å²) in [5.41, 5.74) is 1.25. The monoisotopic (exact) mass is 187 g/mol. The molecular formula is C13H17N. The molecule has 0 atom stereocenters. The van der Waals surface area contributed by atoms with Crippen LogP contribution >= 0.6 is 0 Å². The number of rotatable bonds is 6. The molecule has 1 aromatic carbocycles. The van der Waals surface area contributed by atoms with Crippen LogP contribution in [0.5, 0.6) is 0 Å². The average Bonchev–Trinajstić information content (AvgIpc) is 2.25. The normalized spacial score (nSPS) is 10.6. The molecule has 0 aliphatic rings. The lowest BCUT2D eigenvalue weighted by Gasteiger charge is -1.96. The second-order valence-electron chi connectivity index (χ2n) is 3.09. The number of hydrogen-bond acceptors (Lipinski definition) is 1. The predicted octanol–water partition coefficient (Wildman–Crippen LogP) is 2.87. The van der Waals surface area contributed by atoms with Gasteiger partial charge in [-0.25, -0.2) is 0 Å². The van der Waals surface area contributed by atoms with E-state index in [2.05, 4.69) is 36.2 Å². The molecule has 0 saturated heterocycles. The van der Waals surface area contributed by atoms with Crippen LogP contribution in [0.3, 0.4) is 0 Å². The van der Waals surface area contributed by atoms with Gasteiger partial charge in [-0.2, -0.15) is 0 Å². The van der Waals surface area contributed by atoms with Crippen molar-refractivity contribution in [1.82, 2.24) is 5.32 Å². The lowest BCUT2D eigenvalue weighted by Crippen LogP contribution is -2.13. The minimum Gasteiger partial charge on any atom is -0.313 e. The lowest BCUT2D eigenvalue weighted by atomic mass is 10.2. The van der Waals surface area contributed by atoms with Crippen molar-refractivity contribution in [2.24, 2.45) is 0 Å². The molecule has 1 heteroatoms. The minimum absolute atomic E-state index is 0.919. The highest BCUT2D eigenvalue weighted by Crippen LogP contribution is 1.99. The van der Waals surface area contributed by atoms with Crippen molar-refractivity contribution in [2.45, 2.75) is 6.42 Å². The highest BCUT2D eigenvalue weighted by molar-refractivity contribution is 5.48. The van der Waals surface area contributed by atoms with Gasteiger partial charge in [-0.05, 0) is 18.5 Å². The zero-order chi connectivity index (χ0) is 10.1. The van der Waals surface area contributed by atoms with Crippen LogP contribution in [0.15, 0.2) is 49.1 Å². The maximum absolute atomic E-state index is 3.67. The molecule has 0 amide bonds. The Labute approximate surface area is 86.2 Å². The van der Waals surface area contributed by atoms with Crippen LogP contribution in [-0.2, 0) is 0 Å². The van der Waals surface area contributed by atoms with Crippen molar-refractivity contribution in [3.63, 3.8) is 0 Å². The molecular weight excluding hydrogens is 170 g/mol. The Morgan fingerprint density at radius 1 is 1.21 bits per heavy atom. The molecule has 0 aliphatic heterocycles. The van der Waals surface area contributed by atoms with Crippen molar-refractivity contribution in [3.8, 4) is 0 Å². The molecule has 1 rings (SSSR count). The number of benzene rings is 1. The highest BCUT2D eigenvalue weighted by atomic mass is 14.8. The Hall–Kier alpha value is -1.34. The van der Waals surface area contributed by atoms with E-state index in [1.165, 1.54) is 5.56 Å². The molecule has 0 radical (unpaired) electrons. The SMILES string of the molecule is C=CCCNC/C=C/c1ccccc1. The first kappa shape index (κ1) is 10.7. The summed E-state index contributed by atoms with van der Waals surface area (Å²) < 4.78 is 0. The molecule has 0 fully saturated rings. The van der Waals surface area contributed by atoms with Crippen molar-refractivity contribution >= 4 is 6.08 Å². The van der Waals surface area contributed by atoms with Gasteiger partial charge >= 0.3 is 0 Å². The van der Waals surface area contributed by atoms with E-state index in [1.807, 2.05) is 24.3 Å². The molecule has 74 valence electrons. The number of nitrogens with one attached hydrogen (secondary N) is 1. The van der Waals surface area contributed by atoms with Gasteiger partial charge in [0.05, 0.1) is 0 Å². The Bertz CT molecular complexity index is 275. The molecule has 0 unspecified atom stereocenters. The highest BCUT2D eigenvalue weighted by Gasteiger charge is 1.82. The minimum atomic E-state index is 0.919. The van der Waals surface area contributed by atoms with Gasteiger partial charge in [0.2, 0.25) is 0 Å². The summed E-state index contributed by atoms with van der Waals surface area (Å²) in [6.45, 7) is 5.59. The summed E-state index contributed by atoms with van der Waals surface area (Å²) in [6.07, 6.45) is 7.21. The zero-order valence-electron chi connectivity index (χ0n) is 8.45. The summed E-state index contributed by atoms with van der Waals surface area (Å²) in [6, 6.07) is 10.3. The number of hydrogen-bond donors (Lipinski definition) is 1. The van der Waals surface area contributed by atoms with E-state index in [1.54, 1.807) is 0 Å². The fourth-order valence-corrected chi connectivity index (χ4v) is 1.15. The Balaban J connectivity index is 2.18. The molecule has 0 bridgehead atoms. The van der Waals surface area contributed by atoms with Crippen LogP contribution in [-0.4, -0.2) is 13.1 Å². The first-order valence-corrected chi connectivity index (χ1v) is 4.96. The fourth-order valence-electron chi connectivity index (χ4n) is 1.15. The third kappa shape index (κ3) is 4.63. The Morgan fingerprint density at radius 2 is 2.00 bits per heavy atom. The van der Waals surface area contributed by atoms with Gasteiger partial charge in [0, 0.05) is 6.54 Å². The molecule has 0 aliphatic carbocycles. The van der Waals surface area contributed by atoms with Crippen LogP contribution in [0.1, 0.15) is 12.0 Å². The van der Waals surface area contributed by atoms with Gasteiger partial charge in [-0.1, -0.05) is 48.6 Å². The quantitative estimate of drug-likeness (QED) is 0.533.